The van der Waals surface area contributed by atoms with Crippen molar-refractivity contribution in [2.24, 2.45) is 0 Å². The van der Waals surface area contributed by atoms with Gasteiger partial charge in [0, 0.05) is 22.7 Å². The molecule has 0 saturated heterocycles. The first-order valence-electron chi connectivity index (χ1n) is 23.5. The van der Waals surface area contributed by atoms with E-state index in [1.165, 1.54) is 146 Å². The zero-order valence-electron chi connectivity index (χ0n) is 42.5. The van der Waals surface area contributed by atoms with Crippen molar-refractivity contribution in [3.63, 3.8) is 0 Å². The molecule has 78 heavy (non-hydrogen) atoms. The minimum Gasteiger partial charge on any atom is -0.379 e. The fourth-order valence-electron chi connectivity index (χ4n) is 8.40. The number of carbonyl (C=O) groups is 2. The van der Waals surface area contributed by atoms with E-state index in [-0.39, 0.29) is 42.6 Å². The Hall–Kier alpha value is -8.70. The highest BCUT2D eigenvalue weighted by Crippen LogP contribution is 2.31. The number of hydrogen-bond donors (Lipinski definition) is 4. The maximum absolute atomic E-state index is 13.2. The van der Waals surface area contributed by atoms with Gasteiger partial charge in [0.25, 0.3) is 0 Å². The van der Waals surface area contributed by atoms with E-state index in [2.05, 4.69) is 21.3 Å². The van der Waals surface area contributed by atoms with Crippen molar-refractivity contribution in [3.8, 4) is 34.1 Å². The Kier molecular flexibility index (Phi) is 16.0. The van der Waals surface area contributed by atoms with Gasteiger partial charge >= 0.3 is 52.5 Å². The predicted molar refractivity (Wildman–Crippen MR) is 295 cm³/mol. The molecule has 0 aliphatic rings. The van der Waals surface area contributed by atoms with Gasteiger partial charge in [-0.15, -0.1) is 0 Å². The summed E-state index contributed by atoms with van der Waals surface area (Å²) < 4.78 is 126. The third kappa shape index (κ3) is 13.6. The van der Waals surface area contributed by atoms with Crippen LogP contribution in [0, 0.1) is 41.5 Å². The summed E-state index contributed by atoms with van der Waals surface area (Å²) in [6.45, 7) is 10.5. The van der Waals surface area contributed by atoms with Crippen molar-refractivity contribution in [2.45, 2.75) is 61.1 Å². The summed E-state index contributed by atoms with van der Waals surface area (Å²) in [5.74, 6) is 0.0417. The Morgan fingerprint density at radius 2 is 0.526 bits per heavy atom. The number of nitrogens with one attached hydrogen (secondary N) is 4. The second-order valence-electron chi connectivity index (χ2n) is 17.9. The lowest BCUT2D eigenvalue weighted by Crippen LogP contribution is -2.19. The van der Waals surface area contributed by atoms with Gasteiger partial charge in [-0.25, -0.2) is 9.59 Å². The van der Waals surface area contributed by atoms with Crippen LogP contribution in [0.15, 0.2) is 189 Å². The third-order valence-corrected chi connectivity index (χ3v) is 17.2. The normalized spacial score (nSPS) is 11.7. The number of carbonyl (C=O) groups excluding carboxylic acids is 2. The molecule has 0 atom stereocenters. The Bertz CT molecular complexity index is 3720. The highest BCUT2D eigenvalue weighted by Gasteiger charge is 2.25. The molecule has 0 heterocycles. The molecule has 0 aromatic heterocycles. The zero-order chi connectivity index (χ0) is 56.2. The van der Waals surface area contributed by atoms with Crippen LogP contribution in [0.3, 0.4) is 0 Å². The van der Waals surface area contributed by atoms with Gasteiger partial charge in [0.15, 0.2) is 0 Å². The highest BCUT2D eigenvalue weighted by atomic mass is 32.2. The summed E-state index contributed by atoms with van der Waals surface area (Å²) in [6.07, 6.45) is 0. The van der Waals surface area contributed by atoms with Gasteiger partial charge in [-0.1, -0.05) is 59.7 Å². The van der Waals surface area contributed by atoms with Crippen LogP contribution >= 0.6 is 0 Å². The summed E-state index contributed by atoms with van der Waals surface area (Å²) in [5, 5.41) is 10.5. The summed E-state index contributed by atoms with van der Waals surface area (Å²) in [4.78, 5) is 25.3. The van der Waals surface area contributed by atoms with Crippen LogP contribution in [0.25, 0.3) is 11.1 Å². The molecule has 0 radical (unpaired) electrons. The van der Waals surface area contributed by atoms with Crippen LogP contribution in [-0.2, 0) is 40.5 Å². The quantitative estimate of drug-likeness (QED) is 0.0619. The second-order valence-corrected chi connectivity index (χ2v) is 24.0. The van der Waals surface area contributed by atoms with E-state index in [1.54, 1.807) is 52.0 Å². The first-order chi connectivity index (χ1) is 36.8. The molecule has 8 aromatic rings. The van der Waals surface area contributed by atoms with Crippen molar-refractivity contribution in [2.75, 3.05) is 21.3 Å². The lowest BCUT2D eigenvalue weighted by atomic mass is 10.1. The van der Waals surface area contributed by atoms with E-state index in [0.717, 1.165) is 11.1 Å². The lowest BCUT2D eigenvalue weighted by molar-refractivity contribution is 0.261. The molecule has 4 amide bonds. The van der Waals surface area contributed by atoms with Gasteiger partial charge in [-0.3, -0.25) is 0 Å². The van der Waals surface area contributed by atoms with E-state index in [1.807, 2.05) is 13.8 Å². The van der Waals surface area contributed by atoms with E-state index < -0.39 is 52.5 Å². The van der Waals surface area contributed by atoms with Gasteiger partial charge in [0.2, 0.25) is 0 Å². The molecular weight excluding hydrogens is 1080 g/mol. The molecule has 0 spiro atoms. The van der Waals surface area contributed by atoms with E-state index in [9.17, 15) is 43.3 Å². The average Bonchev–Trinajstić information content (AvgIpc) is 3.38. The first-order valence-corrected chi connectivity index (χ1v) is 29.2. The third-order valence-electron chi connectivity index (χ3n) is 11.6. The van der Waals surface area contributed by atoms with Crippen LogP contribution in [0.2, 0.25) is 0 Å². The summed E-state index contributed by atoms with van der Waals surface area (Å²) in [5.41, 5.74) is 6.54. The molecular formula is C56H50N4O14S4. The van der Waals surface area contributed by atoms with Crippen LogP contribution in [-0.4, -0.2) is 45.7 Å². The highest BCUT2D eigenvalue weighted by molar-refractivity contribution is 7.88. The largest absolute Gasteiger partial charge is 0.379 e. The first kappa shape index (κ1) is 55.5. The fourth-order valence-corrected chi connectivity index (χ4v) is 13.0. The van der Waals surface area contributed by atoms with Crippen LogP contribution in [0.5, 0.6) is 23.0 Å². The number of urea groups is 2. The van der Waals surface area contributed by atoms with E-state index in [0.29, 0.717) is 56.1 Å². The zero-order valence-corrected chi connectivity index (χ0v) is 45.8. The minimum atomic E-state index is -4.31. The molecule has 22 heteroatoms. The number of hydrogen-bond acceptors (Lipinski definition) is 14. The van der Waals surface area contributed by atoms with E-state index >= 15 is 0 Å². The monoisotopic (exact) mass is 1130 g/mol. The van der Waals surface area contributed by atoms with Crippen LogP contribution in [0.1, 0.15) is 33.4 Å². The Morgan fingerprint density at radius 3 is 0.756 bits per heavy atom. The molecule has 0 aliphatic heterocycles. The van der Waals surface area contributed by atoms with Gasteiger partial charge in [0.05, 0.1) is 0 Å². The summed E-state index contributed by atoms with van der Waals surface area (Å²) in [7, 11) is -16.9. The molecule has 0 fully saturated rings. The van der Waals surface area contributed by atoms with Gasteiger partial charge in [-0.2, -0.15) is 33.7 Å². The Balaban J connectivity index is 0.788. The van der Waals surface area contributed by atoms with Crippen molar-refractivity contribution < 1.29 is 60.0 Å². The maximum Gasteiger partial charge on any atom is 0.339 e. The minimum absolute atomic E-state index is 0.0322. The number of aryl methyl sites for hydroxylation is 6. The topological polar surface area (TPSA) is 256 Å². The smallest absolute Gasteiger partial charge is 0.339 e. The lowest BCUT2D eigenvalue weighted by Gasteiger charge is -2.13. The molecule has 18 nitrogen and oxygen atoms in total. The van der Waals surface area contributed by atoms with Crippen molar-refractivity contribution in [1.29, 1.82) is 0 Å². The standard InChI is InChI=1S/C56H50N4O14S4/c1-35-31-37(3)53(38(4)32-35)77(67,68)73-49-23-15-45(16-24-49)59-55(61)57-43-11-19-47(20-12-43)71-75(63,64)51-27-7-41(8-28-51)42-9-29-52(30-10-42)76(65,66)72-48-21-13-44(14-22-48)58-56(62)60-46-17-25-50(26-18-46)74-78(69,70)54-39(5)33-36(2)34-40(54)6/h7-34H,1-6H3,(H2,57,59,61)(H2,58,60,62). The van der Waals surface area contributed by atoms with E-state index in [4.69, 9.17) is 16.7 Å². The predicted octanol–water partition coefficient (Wildman–Crippen LogP) is 11.6. The number of anilines is 4. The SMILES string of the molecule is Cc1cc(C)c(S(=O)(=O)Oc2ccc(NC(=O)Nc3ccc(OS(=O)(=O)c4ccc(-c5ccc(S(=O)(=O)Oc6ccc(NC(=O)Nc7ccc(OS(=O)(=O)c8c(C)cc(C)cc8C)cc7)cc6)cc5)cc4)cc3)cc2)c(C)c1. The molecule has 402 valence electrons. The number of rotatable bonds is 17. The Labute approximate surface area is 452 Å². The van der Waals surface area contributed by atoms with Crippen LogP contribution in [0.4, 0.5) is 32.3 Å². The van der Waals surface area contributed by atoms with Crippen LogP contribution < -0.4 is 38.0 Å². The van der Waals surface area contributed by atoms with Crippen molar-refractivity contribution in [3.05, 3.63) is 203 Å². The van der Waals surface area contributed by atoms with Gasteiger partial charge in [-0.05, 0) is 196 Å². The molecule has 0 aliphatic carbocycles. The molecule has 0 saturated carbocycles. The fraction of sp³-hybridized carbons (Fsp3) is 0.107. The maximum atomic E-state index is 13.2. The second kappa shape index (κ2) is 22.5. The molecule has 0 unspecified atom stereocenters. The van der Waals surface area contributed by atoms with Crippen molar-refractivity contribution in [1.82, 2.24) is 0 Å². The molecule has 4 N–H and O–H groups in total. The molecule has 0 bridgehead atoms. The van der Waals surface area contributed by atoms with Crippen molar-refractivity contribution >= 4 is 75.3 Å². The molecule has 8 rings (SSSR count). The summed E-state index contributed by atoms with van der Waals surface area (Å²) >= 11 is 0. The number of benzene rings is 8. The van der Waals surface area contributed by atoms with Gasteiger partial charge < -0.3 is 38.0 Å². The number of amides is 4. The van der Waals surface area contributed by atoms with Gasteiger partial charge in [0.1, 0.15) is 42.6 Å². The summed E-state index contributed by atoms with van der Waals surface area (Å²) in [6, 6.07) is 39.9. The molecule has 8 aromatic carbocycles. The average molecular weight is 1130 g/mol. The Morgan fingerprint density at radius 1 is 0.308 bits per heavy atom.